The smallest absolute Gasteiger partial charge is 0.364 e. The molecule has 36 heavy (non-hydrogen) atoms. The Morgan fingerprint density at radius 1 is 1.33 bits per heavy atom. The highest BCUT2D eigenvalue weighted by atomic mass is 16.7. The van der Waals surface area contributed by atoms with Crippen molar-refractivity contribution in [1.82, 2.24) is 9.55 Å². The maximum Gasteiger partial charge on any atom is 0.364 e. The van der Waals surface area contributed by atoms with Crippen molar-refractivity contribution in [3.63, 3.8) is 0 Å². The standard InChI is InChI=1S/C21H33N3O12/c1-9-10(26)7-21(19(31)32,36-17(9)14(28)11(27)8-25)34-6-2-3-12-15(29)16(30)18(35-12)24-5-4-13(22)23-20(24)33/h4-5,9-12,14-18,25-30H,2-3,6-8H2,1H3,(H,31,32)(H2,22,23,33)/t9-,10-,11-,12-,14-,15+,16?,17?,18-,21?/m1/s1. The molecule has 1 aromatic heterocycles. The maximum absolute atomic E-state index is 12.0. The van der Waals surface area contributed by atoms with Crippen molar-refractivity contribution in [1.29, 1.82) is 0 Å². The number of aromatic nitrogens is 2. The topological polar surface area (TPSA) is 247 Å². The van der Waals surface area contributed by atoms with Crippen molar-refractivity contribution in [2.24, 2.45) is 5.92 Å². The van der Waals surface area contributed by atoms with E-state index in [1.54, 1.807) is 0 Å². The highest BCUT2D eigenvalue weighted by Crippen LogP contribution is 2.37. The predicted octanol–water partition coefficient (Wildman–Crippen LogP) is -3.48. The second kappa shape index (κ2) is 11.5. The van der Waals surface area contributed by atoms with Crippen LogP contribution in [0, 0.1) is 5.92 Å². The van der Waals surface area contributed by atoms with Gasteiger partial charge in [0.25, 0.3) is 5.79 Å². The number of rotatable bonds is 10. The SMILES string of the molecule is C[C@H]1C([C@H](O)[C@H](O)CO)OC(OCCC[C@H]2O[C@@H](n3ccc(N)nc3=O)C(O)[C@H]2O)(C(=O)O)C[C@H]1O. The number of nitrogens with zero attached hydrogens (tertiary/aromatic N) is 2. The number of carboxylic acids is 1. The lowest BCUT2D eigenvalue weighted by molar-refractivity contribution is -0.318. The van der Waals surface area contributed by atoms with Gasteiger partial charge < -0.3 is 55.7 Å². The first-order valence-corrected chi connectivity index (χ1v) is 11.5. The molecule has 2 saturated heterocycles. The fourth-order valence-electron chi connectivity index (χ4n) is 4.39. The molecule has 3 unspecified atom stereocenters. The summed E-state index contributed by atoms with van der Waals surface area (Å²) in [5, 5.41) is 70.0. The fourth-order valence-corrected chi connectivity index (χ4v) is 4.39. The van der Waals surface area contributed by atoms with E-state index >= 15 is 0 Å². The molecule has 0 bridgehead atoms. The molecule has 0 aromatic carbocycles. The lowest BCUT2D eigenvalue weighted by Gasteiger charge is -2.45. The molecule has 0 radical (unpaired) electrons. The molecule has 2 fully saturated rings. The van der Waals surface area contributed by atoms with E-state index in [1.807, 2.05) is 0 Å². The zero-order chi connectivity index (χ0) is 26.8. The van der Waals surface area contributed by atoms with Gasteiger partial charge >= 0.3 is 11.7 Å². The second-order valence-corrected chi connectivity index (χ2v) is 9.09. The molecule has 3 rings (SSSR count). The predicted molar refractivity (Wildman–Crippen MR) is 118 cm³/mol. The van der Waals surface area contributed by atoms with Crippen LogP contribution in [0.5, 0.6) is 0 Å². The average molecular weight is 520 g/mol. The van der Waals surface area contributed by atoms with Gasteiger partial charge in [-0.15, -0.1) is 0 Å². The van der Waals surface area contributed by atoms with Crippen LogP contribution >= 0.6 is 0 Å². The number of anilines is 1. The van der Waals surface area contributed by atoms with Gasteiger partial charge in [0, 0.05) is 18.5 Å². The first kappa shape index (κ1) is 28.4. The quantitative estimate of drug-likeness (QED) is 0.140. The van der Waals surface area contributed by atoms with Gasteiger partial charge in [0.2, 0.25) is 0 Å². The lowest BCUT2D eigenvalue weighted by atomic mass is 9.84. The highest BCUT2D eigenvalue weighted by Gasteiger charge is 2.54. The van der Waals surface area contributed by atoms with E-state index in [2.05, 4.69) is 4.98 Å². The van der Waals surface area contributed by atoms with Crippen LogP contribution in [0.1, 0.15) is 32.4 Å². The number of ether oxygens (including phenoxy) is 3. The fraction of sp³-hybridized carbons (Fsp3) is 0.762. The first-order valence-electron chi connectivity index (χ1n) is 11.5. The third-order valence-corrected chi connectivity index (χ3v) is 6.60. The van der Waals surface area contributed by atoms with E-state index in [0.29, 0.717) is 0 Å². The molecule has 1 aromatic rings. The van der Waals surface area contributed by atoms with Gasteiger partial charge in [-0.2, -0.15) is 4.98 Å². The summed E-state index contributed by atoms with van der Waals surface area (Å²) < 4.78 is 17.6. The molecule has 0 saturated carbocycles. The van der Waals surface area contributed by atoms with Gasteiger partial charge in [0.1, 0.15) is 30.2 Å². The van der Waals surface area contributed by atoms with Gasteiger partial charge in [-0.3, -0.25) is 4.57 Å². The van der Waals surface area contributed by atoms with Crippen molar-refractivity contribution in [2.45, 2.75) is 80.9 Å². The van der Waals surface area contributed by atoms with E-state index in [-0.39, 0.29) is 25.3 Å². The molecule has 10 atom stereocenters. The van der Waals surface area contributed by atoms with Gasteiger partial charge in [-0.05, 0) is 18.9 Å². The lowest BCUT2D eigenvalue weighted by Crippen LogP contribution is -2.61. The third kappa shape index (κ3) is 5.69. The number of aliphatic hydroxyl groups is 6. The minimum absolute atomic E-state index is 0.0181. The number of aliphatic hydroxyl groups excluding tert-OH is 6. The molecule has 204 valence electrons. The van der Waals surface area contributed by atoms with E-state index < -0.39 is 85.3 Å². The molecular formula is C21H33N3O12. The van der Waals surface area contributed by atoms with Crippen LogP contribution in [-0.2, 0) is 19.0 Å². The molecule has 0 amide bonds. The number of nitrogens with two attached hydrogens (primary N) is 1. The number of hydrogen-bond donors (Lipinski definition) is 8. The molecule has 15 heteroatoms. The van der Waals surface area contributed by atoms with Crippen molar-refractivity contribution >= 4 is 11.8 Å². The Morgan fingerprint density at radius 2 is 2.03 bits per heavy atom. The Kier molecular flexibility index (Phi) is 9.02. The van der Waals surface area contributed by atoms with Gasteiger partial charge in [0.15, 0.2) is 6.23 Å². The Labute approximate surface area is 205 Å². The molecule has 2 aliphatic heterocycles. The van der Waals surface area contributed by atoms with Crippen molar-refractivity contribution in [3.8, 4) is 0 Å². The number of aliphatic carboxylic acids is 1. The Balaban J connectivity index is 1.62. The largest absolute Gasteiger partial charge is 0.477 e. The summed E-state index contributed by atoms with van der Waals surface area (Å²) in [6, 6.07) is 1.33. The van der Waals surface area contributed by atoms with E-state index in [1.165, 1.54) is 19.2 Å². The summed E-state index contributed by atoms with van der Waals surface area (Å²) >= 11 is 0. The molecule has 9 N–H and O–H groups in total. The van der Waals surface area contributed by atoms with Crippen LogP contribution in [-0.4, -0.2) is 113 Å². The summed E-state index contributed by atoms with van der Waals surface area (Å²) in [5.74, 6) is -4.70. The number of carbonyl (C=O) groups is 1. The highest BCUT2D eigenvalue weighted by molar-refractivity contribution is 5.76. The average Bonchev–Trinajstić information content (AvgIpc) is 3.11. The van der Waals surface area contributed by atoms with Crippen LogP contribution in [0.2, 0.25) is 0 Å². The first-order chi connectivity index (χ1) is 16.9. The summed E-state index contributed by atoms with van der Waals surface area (Å²) in [7, 11) is 0. The van der Waals surface area contributed by atoms with Crippen LogP contribution < -0.4 is 11.4 Å². The number of nitrogen functional groups attached to an aromatic ring is 1. The Hall–Kier alpha value is -2.21. The molecule has 2 aliphatic rings. The minimum Gasteiger partial charge on any atom is -0.477 e. The van der Waals surface area contributed by atoms with Crippen LogP contribution in [0.25, 0.3) is 0 Å². The normalized spacial score (nSPS) is 36.5. The van der Waals surface area contributed by atoms with Gasteiger partial charge in [-0.25, -0.2) is 9.59 Å². The van der Waals surface area contributed by atoms with Crippen LogP contribution in [0.15, 0.2) is 17.1 Å². The van der Waals surface area contributed by atoms with Crippen LogP contribution in [0.4, 0.5) is 5.82 Å². The minimum atomic E-state index is -2.34. The molecule has 15 nitrogen and oxygen atoms in total. The van der Waals surface area contributed by atoms with Gasteiger partial charge in [-0.1, -0.05) is 6.92 Å². The van der Waals surface area contributed by atoms with Crippen molar-refractivity contribution in [3.05, 3.63) is 22.7 Å². The molecule has 0 spiro atoms. The Bertz CT molecular complexity index is 962. The van der Waals surface area contributed by atoms with Crippen molar-refractivity contribution in [2.75, 3.05) is 18.9 Å². The molecule has 0 aliphatic carbocycles. The molecule has 3 heterocycles. The third-order valence-electron chi connectivity index (χ3n) is 6.60. The summed E-state index contributed by atoms with van der Waals surface area (Å²) in [6.07, 6.45) is -9.84. The van der Waals surface area contributed by atoms with E-state index in [4.69, 9.17) is 25.1 Å². The molecular weight excluding hydrogens is 486 g/mol. The summed E-state index contributed by atoms with van der Waals surface area (Å²) in [6.45, 7) is 0.451. The summed E-state index contributed by atoms with van der Waals surface area (Å²) in [5.41, 5.74) is 4.68. The number of hydrogen-bond acceptors (Lipinski definition) is 13. The van der Waals surface area contributed by atoms with E-state index in [0.717, 1.165) is 4.57 Å². The summed E-state index contributed by atoms with van der Waals surface area (Å²) in [4.78, 5) is 27.6. The zero-order valence-electron chi connectivity index (χ0n) is 19.5. The Morgan fingerprint density at radius 3 is 2.64 bits per heavy atom. The maximum atomic E-state index is 12.0. The monoisotopic (exact) mass is 519 g/mol. The second-order valence-electron chi connectivity index (χ2n) is 9.09. The number of carboxylic acid groups (broad SMARTS) is 1. The van der Waals surface area contributed by atoms with Crippen LogP contribution in [0.3, 0.4) is 0 Å². The van der Waals surface area contributed by atoms with Crippen molar-refractivity contribution < 1.29 is 54.8 Å². The zero-order valence-corrected chi connectivity index (χ0v) is 19.5. The van der Waals surface area contributed by atoms with Gasteiger partial charge in [0.05, 0.1) is 31.5 Å². The van der Waals surface area contributed by atoms with E-state index in [9.17, 15) is 40.2 Å².